The van der Waals surface area contributed by atoms with Crippen LogP contribution < -0.4 is 16.4 Å². The fourth-order valence-corrected chi connectivity index (χ4v) is 2.76. The lowest BCUT2D eigenvalue weighted by atomic mass is 10.0. The Morgan fingerprint density at radius 2 is 2.05 bits per heavy atom. The highest BCUT2D eigenvalue weighted by molar-refractivity contribution is 6.01. The summed E-state index contributed by atoms with van der Waals surface area (Å²) >= 11 is 0. The second-order valence-corrected chi connectivity index (χ2v) is 5.22. The SMILES string of the molecule is Cc1ccc(N)c2ccnc(NC3CCNCC3)c12. The monoisotopic (exact) mass is 256 g/mol. The van der Waals surface area contributed by atoms with Gasteiger partial charge in [0.25, 0.3) is 0 Å². The van der Waals surface area contributed by atoms with E-state index in [1.165, 1.54) is 5.56 Å². The van der Waals surface area contributed by atoms with Crippen LogP contribution >= 0.6 is 0 Å². The van der Waals surface area contributed by atoms with E-state index in [1.54, 1.807) is 0 Å². The lowest BCUT2D eigenvalue weighted by molar-refractivity contribution is 0.478. The van der Waals surface area contributed by atoms with Crippen molar-refractivity contribution in [3.8, 4) is 0 Å². The summed E-state index contributed by atoms with van der Waals surface area (Å²) in [6.45, 7) is 4.25. The van der Waals surface area contributed by atoms with Crippen molar-refractivity contribution in [2.75, 3.05) is 24.1 Å². The first kappa shape index (κ1) is 12.2. The highest BCUT2D eigenvalue weighted by Crippen LogP contribution is 2.29. The summed E-state index contributed by atoms with van der Waals surface area (Å²) in [5, 5.41) is 9.21. The molecule has 2 aromatic rings. The zero-order valence-corrected chi connectivity index (χ0v) is 11.2. The van der Waals surface area contributed by atoms with Gasteiger partial charge in [-0.15, -0.1) is 0 Å². The molecule has 0 aliphatic carbocycles. The molecule has 4 nitrogen and oxygen atoms in total. The summed E-state index contributed by atoms with van der Waals surface area (Å²) in [6.07, 6.45) is 4.11. The molecule has 1 fully saturated rings. The Morgan fingerprint density at radius 3 is 2.84 bits per heavy atom. The van der Waals surface area contributed by atoms with Crippen LogP contribution in [0.5, 0.6) is 0 Å². The standard InChI is InChI=1S/C15H20N4/c1-10-2-3-13(16)12-6-9-18-15(14(10)12)19-11-4-7-17-8-5-11/h2-3,6,9,11,17H,4-5,7-8,16H2,1H3,(H,18,19). The van der Waals surface area contributed by atoms with Crippen molar-refractivity contribution in [1.82, 2.24) is 10.3 Å². The van der Waals surface area contributed by atoms with E-state index >= 15 is 0 Å². The minimum Gasteiger partial charge on any atom is -0.398 e. The molecule has 0 unspecified atom stereocenters. The van der Waals surface area contributed by atoms with E-state index in [0.29, 0.717) is 6.04 Å². The molecule has 1 saturated heterocycles. The summed E-state index contributed by atoms with van der Waals surface area (Å²) in [7, 11) is 0. The van der Waals surface area contributed by atoms with E-state index in [0.717, 1.165) is 48.2 Å². The predicted octanol–water partition coefficient (Wildman–Crippen LogP) is 2.29. The van der Waals surface area contributed by atoms with Crippen LogP contribution in [0.25, 0.3) is 10.8 Å². The molecule has 0 spiro atoms. The van der Waals surface area contributed by atoms with E-state index in [-0.39, 0.29) is 0 Å². The molecule has 19 heavy (non-hydrogen) atoms. The van der Waals surface area contributed by atoms with E-state index in [1.807, 2.05) is 18.3 Å². The normalized spacial score (nSPS) is 16.7. The van der Waals surface area contributed by atoms with E-state index < -0.39 is 0 Å². The minimum atomic E-state index is 0.500. The fourth-order valence-electron chi connectivity index (χ4n) is 2.76. The number of piperidine rings is 1. The second-order valence-electron chi connectivity index (χ2n) is 5.22. The van der Waals surface area contributed by atoms with Crippen LogP contribution in [0.2, 0.25) is 0 Å². The third-order valence-corrected chi connectivity index (χ3v) is 3.85. The number of aromatic nitrogens is 1. The van der Waals surface area contributed by atoms with Gasteiger partial charge in [0.1, 0.15) is 5.82 Å². The zero-order valence-electron chi connectivity index (χ0n) is 11.2. The molecule has 1 aliphatic rings. The number of nitrogens with zero attached hydrogens (tertiary/aromatic N) is 1. The molecule has 1 aliphatic heterocycles. The van der Waals surface area contributed by atoms with Crippen LogP contribution in [0.4, 0.5) is 11.5 Å². The number of nitrogens with two attached hydrogens (primary N) is 1. The first-order valence-corrected chi connectivity index (χ1v) is 6.87. The lowest BCUT2D eigenvalue weighted by Crippen LogP contribution is -2.35. The highest BCUT2D eigenvalue weighted by atomic mass is 15.0. The van der Waals surface area contributed by atoms with Crippen LogP contribution in [0, 0.1) is 6.92 Å². The Morgan fingerprint density at radius 1 is 1.26 bits per heavy atom. The fraction of sp³-hybridized carbons (Fsp3) is 0.400. The Kier molecular flexibility index (Phi) is 3.25. The van der Waals surface area contributed by atoms with Crippen molar-refractivity contribution in [2.24, 2.45) is 0 Å². The van der Waals surface area contributed by atoms with Gasteiger partial charge in [0.15, 0.2) is 0 Å². The molecule has 4 heteroatoms. The molecule has 0 radical (unpaired) electrons. The summed E-state index contributed by atoms with van der Waals surface area (Å²) < 4.78 is 0. The van der Waals surface area contributed by atoms with Gasteiger partial charge >= 0.3 is 0 Å². The van der Waals surface area contributed by atoms with Crippen molar-refractivity contribution in [2.45, 2.75) is 25.8 Å². The van der Waals surface area contributed by atoms with Gasteiger partial charge < -0.3 is 16.4 Å². The number of aryl methyl sites for hydroxylation is 1. The van der Waals surface area contributed by atoms with Crippen LogP contribution in [-0.2, 0) is 0 Å². The largest absolute Gasteiger partial charge is 0.398 e. The average Bonchev–Trinajstić information content (AvgIpc) is 2.44. The molecule has 0 amide bonds. The van der Waals surface area contributed by atoms with Gasteiger partial charge in [0.05, 0.1) is 0 Å². The van der Waals surface area contributed by atoms with Gasteiger partial charge in [0, 0.05) is 28.7 Å². The quantitative estimate of drug-likeness (QED) is 0.721. The molecule has 0 bridgehead atoms. The Balaban J connectivity index is 2.00. The minimum absolute atomic E-state index is 0.500. The number of fused-ring (bicyclic) bond motifs is 1. The van der Waals surface area contributed by atoms with E-state index in [4.69, 9.17) is 5.73 Å². The molecule has 100 valence electrons. The molecular formula is C15H20N4. The van der Waals surface area contributed by atoms with Gasteiger partial charge in [-0.1, -0.05) is 6.07 Å². The van der Waals surface area contributed by atoms with Crippen molar-refractivity contribution in [1.29, 1.82) is 0 Å². The molecular weight excluding hydrogens is 236 g/mol. The van der Waals surface area contributed by atoms with Gasteiger partial charge in [0.2, 0.25) is 0 Å². The Bertz CT molecular complexity index is 588. The third kappa shape index (κ3) is 2.36. The van der Waals surface area contributed by atoms with Gasteiger partial charge in [-0.2, -0.15) is 0 Å². The van der Waals surface area contributed by atoms with Crippen molar-refractivity contribution in [3.05, 3.63) is 30.0 Å². The van der Waals surface area contributed by atoms with Gasteiger partial charge in [-0.3, -0.25) is 0 Å². The number of rotatable bonds is 2. The number of benzene rings is 1. The molecule has 0 atom stereocenters. The van der Waals surface area contributed by atoms with Crippen LogP contribution in [-0.4, -0.2) is 24.1 Å². The molecule has 2 heterocycles. The number of hydrogen-bond donors (Lipinski definition) is 3. The van der Waals surface area contributed by atoms with Crippen LogP contribution in [0.1, 0.15) is 18.4 Å². The third-order valence-electron chi connectivity index (χ3n) is 3.85. The maximum atomic E-state index is 6.06. The molecule has 0 saturated carbocycles. The highest BCUT2D eigenvalue weighted by Gasteiger charge is 2.15. The lowest BCUT2D eigenvalue weighted by Gasteiger charge is -2.25. The summed E-state index contributed by atoms with van der Waals surface area (Å²) in [5.74, 6) is 0.967. The number of pyridine rings is 1. The summed E-state index contributed by atoms with van der Waals surface area (Å²) in [4.78, 5) is 4.52. The average molecular weight is 256 g/mol. The van der Waals surface area contributed by atoms with Crippen molar-refractivity contribution >= 4 is 22.3 Å². The topological polar surface area (TPSA) is 63.0 Å². The molecule has 1 aromatic carbocycles. The summed E-state index contributed by atoms with van der Waals surface area (Å²) in [6, 6.07) is 6.52. The zero-order chi connectivity index (χ0) is 13.2. The number of anilines is 2. The van der Waals surface area contributed by atoms with E-state index in [2.05, 4.69) is 28.6 Å². The summed E-state index contributed by atoms with van der Waals surface area (Å²) in [5.41, 5.74) is 8.09. The van der Waals surface area contributed by atoms with Crippen molar-refractivity contribution in [3.63, 3.8) is 0 Å². The Hall–Kier alpha value is -1.81. The molecule has 4 N–H and O–H groups in total. The predicted molar refractivity (Wildman–Crippen MR) is 80.4 cm³/mol. The van der Waals surface area contributed by atoms with Gasteiger partial charge in [-0.25, -0.2) is 4.98 Å². The van der Waals surface area contributed by atoms with Crippen LogP contribution in [0.3, 0.4) is 0 Å². The number of nitrogens with one attached hydrogen (secondary N) is 2. The smallest absolute Gasteiger partial charge is 0.134 e. The maximum Gasteiger partial charge on any atom is 0.134 e. The molecule has 1 aromatic heterocycles. The van der Waals surface area contributed by atoms with Gasteiger partial charge in [-0.05, 0) is 50.6 Å². The first-order valence-electron chi connectivity index (χ1n) is 6.87. The van der Waals surface area contributed by atoms with Crippen molar-refractivity contribution < 1.29 is 0 Å². The van der Waals surface area contributed by atoms with Crippen LogP contribution in [0.15, 0.2) is 24.4 Å². The number of hydrogen-bond acceptors (Lipinski definition) is 4. The second kappa shape index (κ2) is 5.05. The van der Waals surface area contributed by atoms with E-state index in [9.17, 15) is 0 Å². The number of nitrogen functional groups attached to an aromatic ring is 1. The maximum absolute atomic E-state index is 6.06. The Labute approximate surface area is 113 Å². The first-order chi connectivity index (χ1) is 9.25. The molecule has 3 rings (SSSR count).